The minimum atomic E-state index is -1.26. The van der Waals surface area contributed by atoms with Gasteiger partial charge < -0.3 is 14.9 Å². The van der Waals surface area contributed by atoms with Crippen LogP contribution in [-0.4, -0.2) is 74.2 Å². The molecule has 6 atom stereocenters. The first-order chi connectivity index (χ1) is 25.3. The summed E-state index contributed by atoms with van der Waals surface area (Å²) in [6.07, 6.45) is 2.03. The van der Waals surface area contributed by atoms with Crippen molar-refractivity contribution >= 4 is 68.4 Å². The lowest BCUT2D eigenvalue weighted by Crippen LogP contribution is -2.48. The Kier molecular flexibility index (Phi) is 8.58. The van der Waals surface area contributed by atoms with Gasteiger partial charge in [-0.3, -0.25) is 33.6 Å². The summed E-state index contributed by atoms with van der Waals surface area (Å²) in [6, 6.07) is 14.7. The number of aliphatic hydroxyl groups is 1. The molecule has 1 saturated carbocycles. The number of rotatable bonds is 9. The van der Waals surface area contributed by atoms with E-state index < -0.39 is 58.7 Å². The Morgan fingerprint density at radius 2 is 1.81 bits per heavy atom. The summed E-state index contributed by atoms with van der Waals surface area (Å²) in [6.45, 7) is 3.54. The number of anilines is 1. The fourth-order valence-electron chi connectivity index (χ4n) is 9.24. The lowest BCUT2D eigenvalue weighted by Gasteiger charge is -2.49. The molecular formula is C39H37ClN4O8S. The molecule has 4 amide bonds. The second-order valence-electron chi connectivity index (χ2n) is 14.5. The molecule has 4 aliphatic rings. The number of amides is 4. The Bertz CT molecular complexity index is 2260. The quantitative estimate of drug-likeness (QED) is 0.170. The highest BCUT2D eigenvalue weighted by molar-refractivity contribution is 7.22. The number of aromatic nitrogens is 2. The number of aryl methyl sites for hydroxylation is 2. The second-order valence-corrected chi connectivity index (χ2v) is 16.0. The highest BCUT2D eigenvalue weighted by Gasteiger charge is 2.68. The van der Waals surface area contributed by atoms with Crippen LogP contribution in [0.1, 0.15) is 43.2 Å². The Labute approximate surface area is 313 Å². The number of hydrogen-bond acceptors (Lipinski definition) is 9. The maximum absolute atomic E-state index is 15.0. The van der Waals surface area contributed by atoms with Gasteiger partial charge in [0.2, 0.25) is 23.6 Å². The van der Waals surface area contributed by atoms with Crippen LogP contribution < -0.4 is 9.64 Å². The van der Waals surface area contributed by atoms with E-state index in [0.717, 1.165) is 36.6 Å². The number of likely N-dealkylation sites (tertiary alicyclic amines) is 1. The number of aliphatic carboxylic acids is 1. The monoisotopic (exact) mass is 756 g/mol. The van der Waals surface area contributed by atoms with Crippen molar-refractivity contribution in [1.82, 2.24) is 14.7 Å². The zero-order valence-electron chi connectivity index (χ0n) is 29.2. The third-order valence-electron chi connectivity index (χ3n) is 11.7. The van der Waals surface area contributed by atoms with Crippen molar-refractivity contribution in [3.05, 3.63) is 76.3 Å². The van der Waals surface area contributed by atoms with Crippen molar-refractivity contribution < 1.29 is 38.9 Å². The number of carboxylic acid groups (broad SMARTS) is 1. The largest absolute Gasteiger partial charge is 0.491 e. The number of aliphatic hydroxyl groups excluding tert-OH is 1. The summed E-state index contributed by atoms with van der Waals surface area (Å²) in [7, 11) is 1.70. The molecule has 12 nitrogen and oxygen atoms in total. The molecule has 0 bridgehead atoms. The standard InChI is InChI=1S/C39H37ClN4O8S/c1-19-25-16-21(40)6-11-29(25)53-34(19)28-18-30(42(3)41-28)44-36(49)27-17-26-23(9-10-24-32(26)37(50)43(35(24)48)13-12-31(46)47)33(39(27,2)38(44)51)20-4-7-22(8-5-20)52-15-14-45/h4-9,11,16,18,24,26-27,32-33,45H,10,12-15,17H2,1-3H3,(H,46,47)/t24-,26+,27-,32-,33-,39+/m0/s1. The van der Waals surface area contributed by atoms with Gasteiger partial charge in [-0.2, -0.15) is 5.10 Å². The topological polar surface area (TPSA) is 159 Å². The number of carbonyl (C=O) groups excluding carboxylic acids is 4. The van der Waals surface area contributed by atoms with Crippen LogP contribution in [0.3, 0.4) is 0 Å². The molecule has 2 N–H and O–H groups in total. The van der Waals surface area contributed by atoms with Crippen molar-refractivity contribution in [2.45, 2.75) is 39.0 Å². The maximum Gasteiger partial charge on any atom is 0.305 e. The lowest BCUT2D eigenvalue weighted by atomic mass is 9.51. The number of carbonyl (C=O) groups is 5. The first kappa shape index (κ1) is 35.2. The van der Waals surface area contributed by atoms with Crippen molar-refractivity contribution in [3.63, 3.8) is 0 Å². The summed E-state index contributed by atoms with van der Waals surface area (Å²) < 4.78 is 8.19. The third kappa shape index (κ3) is 5.34. The van der Waals surface area contributed by atoms with Crippen LogP contribution in [0, 0.1) is 36.0 Å². The SMILES string of the molecule is Cc1c(-c2cc(N3C(=O)[C@@H]4C[C@@H]5C(=CC[C@@H]6C(=O)N(CCC(=O)O)C(=O)[C@@H]65)[C@H](c5ccc(OCCO)cc5)[C@]4(C)C3=O)n(C)n2)sc2ccc(Cl)cc12. The summed E-state index contributed by atoms with van der Waals surface area (Å²) in [5.74, 6) is -5.32. The Hall–Kier alpha value is -4.85. The van der Waals surface area contributed by atoms with Gasteiger partial charge in [0.25, 0.3) is 0 Å². The maximum atomic E-state index is 15.0. The predicted molar refractivity (Wildman–Crippen MR) is 196 cm³/mol. The van der Waals surface area contributed by atoms with E-state index in [1.807, 2.05) is 50.3 Å². The van der Waals surface area contributed by atoms with Gasteiger partial charge in [-0.25, -0.2) is 4.90 Å². The minimum Gasteiger partial charge on any atom is -0.491 e. The van der Waals surface area contributed by atoms with Crippen molar-refractivity contribution in [2.75, 3.05) is 24.7 Å². The molecule has 3 fully saturated rings. The van der Waals surface area contributed by atoms with Gasteiger partial charge in [0.05, 0.1) is 41.1 Å². The lowest BCUT2D eigenvalue weighted by molar-refractivity contribution is -0.142. The number of nitrogens with zero attached hydrogens (tertiary/aromatic N) is 4. The number of allylic oxidation sites excluding steroid dienone is 2. The number of benzene rings is 2. The van der Waals surface area contributed by atoms with E-state index in [4.69, 9.17) is 21.4 Å². The van der Waals surface area contributed by atoms with Gasteiger partial charge in [0, 0.05) is 35.3 Å². The molecule has 4 heterocycles. The minimum absolute atomic E-state index is 0.108. The fraction of sp³-hybridized carbons (Fsp3) is 0.385. The number of halogens is 1. The van der Waals surface area contributed by atoms with Crippen molar-refractivity contribution in [1.29, 1.82) is 0 Å². The molecule has 2 aromatic carbocycles. The highest BCUT2D eigenvalue weighted by atomic mass is 35.5. The predicted octanol–water partition coefficient (Wildman–Crippen LogP) is 5.34. The molecule has 53 heavy (non-hydrogen) atoms. The van der Waals surface area contributed by atoms with E-state index in [2.05, 4.69) is 0 Å². The average molecular weight is 757 g/mol. The van der Waals surface area contributed by atoms with Gasteiger partial charge in [0.1, 0.15) is 23.9 Å². The van der Waals surface area contributed by atoms with Crippen LogP contribution in [0.25, 0.3) is 20.7 Å². The van der Waals surface area contributed by atoms with Crippen molar-refractivity contribution in [3.8, 4) is 16.3 Å². The van der Waals surface area contributed by atoms with Gasteiger partial charge in [0.15, 0.2) is 0 Å². The highest BCUT2D eigenvalue weighted by Crippen LogP contribution is 2.63. The Morgan fingerprint density at radius 3 is 2.53 bits per heavy atom. The molecule has 0 radical (unpaired) electrons. The molecule has 2 saturated heterocycles. The summed E-state index contributed by atoms with van der Waals surface area (Å²) >= 11 is 7.85. The molecule has 0 unspecified atom stereocenters. The van der Waals surface area contributed by atoms with E-state index in [0.29, 0.717) is 22.3 Å². The normalized spacial score (nSPS) is 26.6. The van der Waals surface area contributed by atoms with Crippen LogP contribution in [0.15, 0.2) is 60.2 Å². The summed E-state index contributed by atoms with van der Waals surface area (Å²) in [4.78, 5) is 71.8. The number of fused-ring (bicyclic) bond motifs is 5. The molecule has 274 valence electrons. The smallest absolute Gasteiger partial charge is 0.305 e. The van der Waals surface area contributed by atoms with Crippen molar-refractivity contribution in [2.24, 2.45) is 36.1 Å². The Balaban J connectivity index is 1.21. The van der Waals surface area contributed by atoms with Crippen LogP contribution in [0.4, 0.5) is 5.82 Å². The van der Waals surface area contributed by atoms with Gasteiger partial charge in [-0.1, -0.05) is 35.4 Å². The molecule has 8 rings (SSSR count). The van der Waals surface area contributed by atoms with Gasteiger partial charge in [-0.05, 0) is 79.5 Å². The molecule has 2 aliphatic carbocycles. The summed E-state index contributed by atoms with van der Waals surface area (Å²) in [5, 5.41) is 25.0. The first-order valence-corrected chi connectivity index (χ1v) is 18.8. The third-order valence-corrected chi connectivity index (χ3v) is 13.2. The van der Waals surface area contributed by atoms with Crippen LogP contribution in [0.2, 0.25) is 5.02 Å². The van der Waals surface area contributed by atoms with E-state index in [-0.39, 0.29) is 44.9 Å². The number of carboxylic acids is 1. The fourth-order valence-corrected chi connectivity index (χ4v) is 10.6. The molecule has 0 spiro atoms. The molecular weight excluding hydrogens is 720 g/mol. The second kappa shape index (κ2) is 12.9. The van der Waals surface area contributed by atoms with Gasteiger partial charge >= 0.3 is 5.97 Å². The molecule has 2 aliphatic heterocycles. The molecule has 2 aromatic heterocycles. The summed E-state index contributed by atoms with van der Waals surface area (Å²) in [5.41, 5.74) is 1.91. The zero-order valence-corrected chi connectivity index (χ0v) is 30.8. The molecule has 14 heteroatoms. The van der Waals surface area contributed by atoms with E-state index in [1.54, 1.807) is 41.3 Å². The Morgan fingerprint density at radius 1 is 1.06 bits per heavy atom. The number of thiophene rings is 1. The van der Waals surface area contributed by atoms with Crippen LogP contribution in [-0.2, 0) is 31.0 Å². The van der Waals surface area contributed by atoms with Crippen LogP contribution >= 0.6 is 22.9 Å². The first-order valence-electron chi connectivity index (χ1n) is 17.6. The van der Waals surface area contributed by atoms with E-state index in [9.17, 15) is 29.4 Å². The average Bonchev–Trinajstić information content (AvgIpc) is 3.80. The van der Waals surface area contributed by atoms with Gasteiger partial charge in [-0.15, -0.1) is 11.3 Å². The number of hydrogen-bond donors (Lipinski definition) is 2. The van der Waals surface area contributed by atoms with Crippen LogP contribution in [0.5, 0.6) is 5.75 Å². The number of imide groups is 2. The van der Waals surface area contributed by atoms with E-state index >= 15 is 4.79 Å². The number of ether oxygens (including phenoxy) is 1. The molecule has 4 aromatic rings. The zero-order chi connectivity index (χ0) is 37.5. The van der Waals surface area contributed by atoms with E-state index in [1.165, 1.54) is 4.90 Å².